The van der Waals surface area contributed by atoms with Gasteiger partial charge < -0.3 is 24.8 Å². The van der Waals surface area contributed by atoms with Crippen molar-refractivity contribution in [2.24, 2.45) is 5.92 Å². The van der Waals surface area contributed by atoms with Crippen molar-refractivity contribution in [1.82, 2.24) is 0 Å². The quantitative estimate of drug-likeness (QED) is 0.172. The van der Waals surface area contributed by atoms with Crippen molar-refractivity contribution in [3.63, 3.8) is 0 Å². The predicted octanol–water partition coefficient (Wildman–Crippen LogP) is 5.63. The zero-order valence-corrected chi connectivity index (χ0v) is 19.6. The maximum atomic E-state index is 12.8. The molecular formula is C25H20F6O8. The number of carboxylic acid groups (broad SMARTS) is 1. The Morgan fingerprint density at radius 2 is 1.18 bits per heavy atom. The number of hydrogen-bond donors (Lipinski definition) is 3. The van der Waals surface area contributed by atoms with Gasteiger partial charge in [0.05, 0.1) is 5.92 Å². The van der Waals surface area contributed by atoms with Gasteiger partial charge in [-0.15, -0.1) is 26.3 Å². The molecule has 14 heteroatoms. The third kappa shape index (κ3) is 10.8. The number of hydrogen-bond acceptors (Lipinski definition) is 7. The number of phenolic OH excluding ortho intramolecular Hbond substituents is 2. The predicted molar refractivity (Wildman–Crippen MR) is 123 cm³/mol. The zero-order chi connectivity index (χ0) is 29.4. The van der Waals surface area contributed by atoms with E-state index >= 15 is 0 Å². The number of carbonyl (C=O) groups is 3. The largest absolute Gasteiger partial charge is 0.573 e. The summed E-state index contributed by atoms with van der Waals surface area (Å²) in [6.45, 7) is 0. The summed E-state index contributed by atoms with van der Waals surface area (Å²) in [4.78, 5) is 36.3. The van der Waals surface area contributed by atoms with Crippen LogP contribution in [0.1, 0.15) is 30.4 Å². The minimum Gasteiger partial charge on any atom is -0.504 e. The summed E-state index contributed by atoms with van der Waals surface area (Å²) < 4.78 is 82.3. The minimum absolute atomic E-state index is 0.00559. The Bertz CT molecular complexity index is 1180. The average Bonchev–Trinajstić information content (AvgIpc) is 2.80. The third-order valence-electron chi connectivity index (χ3n) is 4.87. The molecule has 0 saturated carbocycles. The smallest absolute Gasteiger partial charge is 0.504 e. The van der Waals surface area contributed by atoms with E-state index in [-0.39, 0.29) is 30.4 Å². The SMILES string of the molecule is O=C(O)CCCC(C(=O)/C=C/c1ccc(O)c(OC(F)(F)F)c1)C(=O)/C=C/c1ccc(O)c(OC(F)(F)F)c1. The summed E-state index contributed by atoms with van der Waals surface area (Å²) in [7, 11) is 0. The fourth-order valence-corrected chi connectivity index (χ4v) is 3.15. The van der Waals surface area contributed by atoms with Crippen molar-refractivity contribution in [3.05, 3.63) is 59.7 Å². The molecule has 0 unspecified atom stereocenters. The molecule has 3 N–H and O–H groups in total. The van der Waals surface area contributed by atoms with Gasteiger partial charge in [0.2, 0.25) is 0 Å². The molecule has 0 bridgehead atoms. The maximum Gasteiger partial charge on any atom is 0.573 e. The van der Waals surface area contributed by atoms with Gasteiger partial charge in [0.1, 0.15) is 0 Å². The second-order valence-electron chi connectivity index (χ2n) is 7.86. The molecule has 0 amide bonds. The molecular weight excluding hydrogens is 542 g/mol. The number of aliphatic carboxylic acids is 1. The Morgan fingerprint density at radius 1 is 0.769 bits per heavy atom. The lowest BCUT2D eigenvalue weighted by Gasteiger charge is -2.12. The summed E-state index contributed by atoms with van der Waals surface area (Å²) in [5.41, 5.74) is -0.0112. The van der Waals surface area contributed by atoms with Crippen LogP contribution >= 0.6 is 0 Å². The molecule has 210 valence electrons. The van der Waals surface area contributed by atoms with Crippen molar-refractivity contribution < 1.29 is 65.5 Å². The highest BCUT2D eigenvalue weighted by Crippen LogP contribution is 2.33. The fraction of sp³-hybridized carbons (Fsp3) is 0.240. The van der Waals surface area contributed by atoms with E-state index in [1.807, 2.05) is 0 Å². The topological polar surface area (TPSA) is 130 Å². The Kier molecular flexibility index (Phi) is 10.1. The number of ether oxygens (including phenoxy) is 2. The van der Waals surface area contributed by atoms with Gasteiger partial charge in [-0.05, 0) is 60.4 Å². The molecule has 0 spiro atoms. The van der Waals surface area contributed by atoms with E-state index in [1.54, 1.807) is 0 Å². The molecule has 0 saturated heterocycles. The van der Waals surface area contributed by atoms with Gasteiger partial charge in [0.25, 0.3) is 0 Å². The number of carbonyl (C=O) groups excluding carboxylic acids is 2. The molecule has 39 heavy (non-hydrogen) atoms. The first kappa shape index (κ1) is 30.7. The second kappa shape index (κ2) is 12.8. The zero-order valence-electron chi connectivity index (χ0n) is 19.6. The molecule has 0 aromatic heterocycles. The first-order valence-electron chi connectivity index (χ1n) is 10.9. The molecule has 2 aromatic rings. The molecule has 2 aromatic carbocycles. The molecule has 0 aliphatic carbocycles. The highest BCUT2D eigenvalue weighted by molar-refractivity contribution is 6.13. The highest BCUT2D eigenvalue weighted by atomic mass is 19.4. The molecule has 0 fully saturated rings. The van der Waals surface area contributed by atoms with Crippen molar-refractivity contribution in [2.45, 2.75) is 32.0 Å². The van der Waals surface area contributed by atoms with Crippen LogP contribution in [0, 0.1) is 5.92 Å². The van der Waals surface area contributed by atoms with E-state index in [2.05, 4.69) is 9.47 Å². The van der Waals surface area contributed by atoms with Crippen LogP contribution in [-0.2, 0) is 14.4 Å². The van der Waals surface area contributed by atoms with Crippen LogP contribution in [0.25, 0.3) is 12.2 Å². The second-order valence-corrected chi connectivity index (χ2v) is 7.86. The highest BCUT2D eigenvalue weighted by Gasteiger charge is 2.33. The van der Waals surface area contributed by atoms with Crippen molar-refractivity contribution in [2.75, 3.05) is 0 Å². The fourth-order valence-electron chi connectivity index (χ4n) is 3.15. The van der Waals surface area contributed by atoms with Crippen molar-refractivity contribution in [1.29, 1.82) is 0 Å². The molecule has 0 aliphatic rings. The molecule has 8 nitrogen and oxygen atoms in total. The summed E-state index contributed by atoms with van der Waals surface area (Å²) in [5, 5.41) is 27.9. The summed E-state index contributed by atoms with van der Waals surface area (Å²) in [5.74, 6) is -7.80. The summed E-state index contributed by atoms with van der Waals surface area (Å²) >= 11 is 0. The monoisotopic (exact) mass is 562 g/mol. The number of phenols is 2. The van der Waals surface area contributed by atoms with Crippen LogP contribution in [-0.4, -0.2) is 45.6 Å². The van der Waals surface area contributed by atoms with Crippen LogP contribution in [0.15, 0.2) is 48.6 Å². The first-order chi connectivity index (χ1) is 18.0. The molecule has 0 radical (unpaired) electrons. The van der Waals surface area contributed by atoms with Crippen molar-refractivity contribution >= 4 is 29.7 Å². The van der Waals surface area contributed by atoms with Crippen LogP contribution in [0.5, 0.6) is 23.0 Å². The lowest BCUT2D eigenvalue weighted by Crippen LogP contribution is -2.21. The Hall–Kier alpha value is -4.49. The van der Waals surface area contributed by atoms with Gasteiger partial charge in [0.15, 0.2) is 34.6 Å². The normalized spacial score (nSPS) is 12.3. The summed E-state index contributed by atoms with van der Waals surface area (Å²) in [6.07, 6.45) is -7.05. The van der Waals surface area contributed by atoms with E-state index in [1.165, 1.54) is 0 Å². The van der Waals surface area contributed by atoms with E-state index in [0.29, 0.717) is 0 Å². The van der Waals surface area contributed by atoms with Gasteiger partial charge in [-0.1, -0.05) is 24.3 Å². The minimum atomic E-state index is -5.10. The van der Waals surface area contributed by atoms with Crippen molar-refractivity contribution in [3.8, 4) is 23.0 Å². The van der Waals surface area contributed by atoms with Gasteiger partial charge in [-0.3, -0.25) is 14.4 Å². The van der Waals surface area contributed by atoms with Crippen LogP contribution < -0.4 is 9.47 Å². The Morgan fingerprint density at radius 3 is 1.54 bits per heavy atom. The van der Waals surface area contributed by atoms with Crippen LogP contribution in [0.3, 0.4) is 0 Å². The maximum absolute atomic E-state index is 12.8. The third-order valence-corrected chi connectivity index (χ3v) is 4.87. The van der Waals surface area contributed by atoms with E-state index in [4.69, 9.17) is 5.11 Å². The number of carboxylic acids is 1. The lowest BCUT2D eigenvalue weighted by atomic mass is 9.91. The average molecular weight is 562 g/mol. The van der Waals surface area contributed by atoms with Gasteiger partial charge >= 0.3 is 18.7 Å². The number of allylic oxidation sites excluding steroid dienone is 2. The molecule has 2 rings (SSSR count). The molecule has 0 atom stereocenters. The van der Waals surface area contributed by atoms with E-state index < -0.39 is 59.2 Å². The molecule has 0 heterocycles. The number of benzene rings is 2. The summed E-state index contributed by atoms with van der Waals surface area (Å²) in [6, 6.07) is 5.68. The number of aromatic hydroxyl groups is 2. The van der Waals surface area contributed by atoms with Gasteiger partial charge in [-0.2, -0.15) is 0 Å². The van der Waals surface area contributed by atoms with Crippen LogP contribution in [0.2, 0.25) is 0 Å². The van der Waals surface area contributed by atoms with E-state index in [9.17, 15) is 50.9 Å². The van der Waals surface area contributed by atoms with Gasteiger partial charge in [-0.25, -0.2) is 0 Å². The van der Waals surface area contributed by atoms with Gasteiger partial charge in [0, 0.05) is 6.42 Å². The Balaban J connectivity index is 2.25. The number of rotatable bonds is 12. The first-order valence-corrected chi connectivity index (χ1v) is 10.9. The van der Waals surface area contributed by atoms with E-state index in [0.717, 1.165) is 60.7 Å². The Labute approximate surface area is 216 Å². The standard InChI is InChI=1S/C25H20F6O8/c26-24(27,28)38-21-12-14(6-10-19(21)34)4-8-17(32)16(2-1-3-23(36)37)18(33)9-5-15-7-11-20(35)22(13-15)39-25(29,30)31/h4-13,16,34-35H,1-3H2,(H,36,37)/b8-4+,9-5+. The lowest BCUT2D eigenvalue weighted by molar-refractivity contribution is -0.276. The van der Waals surface area contributed by atoms with Crippen LogP contribution in [0.4, 0.5) is 26.3 Å². The molecule has 0 aliphatic heterocycles. The number of alkyl halides is 6. The number of ketones is 2. The number of halogens is 6.